The van der Waals surface area contributed by atoms with Crippen molar-refractivity contribution in [3.05, 3.63) is 145 Å². The van der Waals surface area contributed by atoms with Gasteiger partial charge in [-0.15, -0.1) is 11.3 Å². The molecule has 0 amide bonds. The zero-order valence-corrected chi connectivity index (χ0v) is 23.7. The molecule has 0 unspecified atom stereocenters. The Morgan fingerprint density at radius 2 is 1.21 bits per heavy atom. The van der Waals surface area contributed by atoms with E-state index in [1.807, 2.05) is 17.4 Å². The lowest BCUT2D eigenvalue weighted by Crippen LogP contribution is -1.97. The summed E-state index contributed by atoms with van der Waals surface area (Å²) in [6.07, 6.45) is 2.36. The normalized spacial score (nSPS) is 13.5. The molecule has 0 fully saturated rings. The van der Waals surface area contributed by atoms with E-state index in [0.717, 1.165) is 17.8 Å². The quantitative estimate of drug-likeness (QED) is 0.216. The van der Waals surface area contributed by atoms with Crippen LogP contribution in [0, 0.1) is 0 Å². The number of nitrogens with zero attached hydrogens (tertiary/aromatic N) is 1. The van der Waals surface area contributed by atoms with E-state index in [1.165, 1.54) is 75.4 Å². The number of fused-ring (bicyclic) bond motifs is 9. The topological polar surface area (TPSA) is 30.9 Å². The zero-order valence-electron chi connectivity index (χ0n) is 22.8. The summed E-state index contributed by atoms with van der Waals surface area (Å²) in [5.74, 6) is 0. The first-order valence-corrected chi connectivity index (χ1v) is 15.2. The maximum atomic E-state index is 6.56. The largest absolute Gasteiger partial charge is 0.398 e. The smallest absolute Gasteiger partial charge is 0.0494 e. The Hall–Kier alpha value is -5.12. The zero-order chi connectivity index (χ0) is 27.8. The van der Waals surface area contributed by atoms with Crippen molar-refractivity contribution < 1.29 is 0 Å². The van der Waals surface area contributed by atoms with Gasteiger partial charge in [0.15, 0.2) is 0 Å². The van der Waals surface area contributed by atoms with Crippen LogP contribution in [0.4, 0.5) is 5.69 Å². The highest BCUT2D eigenvalue weighted by molar-refractivity contribution is 7.25. The summed E-state index contributed by atoms with van der Waals surface area (Å²) in [6, 6.07) is 46.2. The molecule has 1 aliphatic carbocycles. The van der Waals surface area contributed by atoms with Crippen LogP contribution in [0.5, 0.6) is 0 Å². The third-order valence-corrected chi connectivity index (χ3v) is 9.99. The predicted octanol–water partition coefficient (Wildman–Crippen LogP) is 10.5. The van der Waals surface area contributed by atoms with Gasteiger partial charge in [-0.2, -0.15) is 0 Å². The highest BCUT2D eigenvalue weighted by Crippen LogP contribution is 2.47. The fraction of sp³-hybridized carbons (Fsp3) is 0.0256. The average molecular weight is 555 g/mol. The maximum absolute atomic E-state index is 6.56. The molecule has 0 bridgehead atoms. The molecule has 0 radical (unpaired) electrons. The standard InChI is InChI=1S/C39H26N2S/c40-34-13-7-12-30-26-8-1-2-9-27(26)31(39(30)34)20-21-41-35-14-5-3-10-28(35)32-22-24(16-18-36(32)41)25-17-19-38-33(23-25)29-11-4-6-15-37(29)42-38/h1-20,22-23H,21,40H2/b31-20-. The summed E-state index contributed by atoms with van der Waals surface area (Å²) >= 11 is 1.86. The van der Waals surface area contributed by atoms with Crippen LogP contribution in [0.2, 0.25) is 0 Å². The molecule has 2 heterocycles. The second kappa shape index (κ2) is 8.94. The lowest BCUT2D eigenvalue weighted by atomic mass is 10.0. The van der Waals surface area contributed by atoms with E-state index in [4.69, 9.17) is 5.73 Å². The van der Waals surface area contributed by atoms with Crippen LogP contribution in [0.3, 0.4) is 0 Å². The minimum atomic E-state index is 0.758. The predicted molar refractivity (Wildman–Crippen MR) is 181 cm³/mol. The summed E-state index contributed by atoms with van der Waals surface area (Å²) in [5.41, 5.74) is 18.5. The Kier molecular flexibility index (Phi) is 5.02. The summed E-state index contributed by atoms with van der Waals surface area (Å²) in [4.78, 5) is 0. The molecule has 0 aliphatic heterocycles. The minimum absolute atomic E-state index is 0.758. The van der Waals surface area contributed by atoms with Gasteiger partial charge in [-0.05, 0) is 75.9 Å². The molecule has 2 aromatic heterocycles. The molecule has 42 heavy (non-hydrogen) atoms. The fourth-order valence-corrected chi connectivity index (χ4v) is 8.00. The van der Waals surface area contributed by atoms with Crippen molar-refractivity contribution in [1.82, 2.24) is 4.57 Å². The lowest BCUT2D eigenvalue weighted by Gasteiger charge is -2.09. The van der Waals surface area contributed by atoms with Gasteiger partial charge >= 0.3 is 0 Å². The van der Waals surface area contributed by atoms with E-state index in [1.54, 1.807) is 0 Å². The van der Waals surface area contributed by atoms with Crippen molar-refractivity contribution in [3.8, 4) is 22.3 Å². The first-order valence-electron chi connectivity index (χ1n) is 14.4. The van der Waals surface area contributed by atoms with Gasteiger partial charge in [-0.3, -0.25) is 0 Å². The lowest BCUT2D eigenvalue weighted by molar-refractivity contribution is 0.900. The Bertz CT molecular complexity index is 2400. The number of nitrogen functional groups attached to an aromatic ring is 1. The Labute approximate surface area is 247 Å². The number of hydrogen-bond donors (Lipinski definition) is 1. The first kappa shape index (κ1) is 23.6. The number of para-hydroxylation sites is 1. The monoisotopic (exact) mass is 554 g/mol. The van der Waals surface area contributed by atoms with E-state index in [0.29, 0.717) is 0 Å². The van der Waals surface area contributed by atoms with E-state index < -0.39 is 0 Å². The van der Waals surface area contributed by atoms with Gasteiger partial charge in [0, 0.05) is 59.8 Å². The number of thiophene rings is 1. The minimum Gasteiger partial charge on any atom is -0.398 e. The van der Waals surface area contributed by atoms with Crippen LogP contribution >= 0.6 is 11.3 Å². The Morgan fingerprint density at radius 3 is 2.12 bits per heavy atom. The van der Waals surface area contributed by atoms with Crippen LogP contribution in [-0.4, -0.2) is 4.57 Å². The van der Waals surface area contributed by atoms with Gasteiger partial charge < -0.3 is 10.3 Å². The van der Waals surface area contributed by atoms with Gasteiger partial charge in [0.1, 0.15) is 0 Å². The Morgan fingerprint density at radius 1 is 0.548 bits per heavy atom. The summed E-state index contributed by atoms with van der Waals surface area (Å²) in [7, 11) is 0. The molecule has 9 rings (SSSR count). The molecule has 0 spiro atoms. The SMILES string of the molecule is Nc1cccc2c1/C(=C\Cn1c3ccccc3c3cc(-c4ccc5sc6ccccc6c5c4)ccc31)c1ccccc1-2. The third-order valence-electron chi connectivity index (χ3n) is 8.83. The van der Waals surface area contributed by atoms with Crippen molar-refractivity contribution in [3.63, 3.8) is 0 Å². The van der Waals surface area contributed by atoms with E-state index in [9.17, 15) is 0 Å². The van der Waals surface area contributed by atoms with Crippen molar-refractivity contribution in [2.75, 3.05) is 5.73 Å². The molecule has 2 N–H and O–H groups in total. The number of hydrogen-bond acceptors (Lipinski definition) is 2. The van der Waals surface area contributed by atoms with Crippen molar-refractivity contribution >= 4 is 64.6 Å². The summed E-state index contributed by atoms with van der Waals surface area (Å²) in [5, 5.41) is 5.23. The van der Waals surface area contributed by atoms with E-state index in [2.05, 4.69) is 132 Å². The highest BCUT2D eigenvalue weighted by atomic mass is 32.1. The van der Waals surface area contributed by atoms with E-state index >= 15 is 0 Å². The van der Waals surface area contributed by atoms with Crippen molar-refractivity contribution in [1.29, 1.82) is 0 Å². The average Bonchev–Trinajstić information content (AvgIpc) is 3.68. The number of aromatic nitrogens is 1. The molecule has 8 aromatic rings. The molecular formula is C39H26N2S. The van der Waals surface area contributed by atoms with Gasteiger partial charge in [0.25, 0.3) is 0 Å². The molecule has 3 heteroatoms. The molecule has 0 atom stereocenters. The third kappa shape index (κ3) is 3.38. The van der Waals surface area contributed by atoms with Crippen LogP contribution in [0.1, 0.15) is 11.1 Å². The van der Waals surface area contributed by atoms with Crippen molar-refractivity contribution in [2.24, 2.45) is 0 Å². The fourth-order valence-electron chi connectivity index (χ4n) is 6.91. The van der Waals surface area contributed by atoms with Crippen LogP contribution in [0.15, 0.2) is 133 Å². The van der Waals surface area contributed by atoms with Gasteiger partial charge in [0.05, 0.1) is 0 Å². The second-order valence-electron chi connectivity index (χ2n) is 11.1. The van der Waals surface area contributed by atoms with Gasteiger partial charge in [-0.25, -0.2) is 0 Å². The molecule has 2 nitrogen and oxygen atoms in total. The van der Waals surface area contributed by atoms with Gasteiger partial charge in [0.2, 0.25) is 0 Å². The van der Waals surface area contributed by atoms with Crippen LogP contribution in [0.25, 0.3) is 69.8 Å². The number of allylic oxidation sites excluding steroid dienone is 1. The summed E-state index contributed by atoms with van der Waals surface area (Å²) in [6.45, 7) is 0.758. The number of nitrogens with two attached hydrogens (primary N) is 1. The van der Waals surface area contributed by atoms with Crippen LogP contribution < -0.4 is 5.73 Å². The molecule has 1 aliphatic rings. The molecule has 6 aromatic carbocycles. The first-order chi connectivity index (χ1) is 20.7. The van der Waals surface area contributed by atoms with Crippen LogP contribution in [-0.2, 0) is 6.54 Å². The summed E-state index contributed by atoms with van der Waals surface area (Å²) < 4.78 is 5.12. The number of rotatable bonds is 3. The van der Waals surface area contributed by atoms with E-state index in [-0.39, 0.29) is 0 Å². The Balaban J connectivity index is 1.19. The number of benzene rings is 6. The highest BCUT2D eigenvalue weighted by Gasteiger charge is 2.24. The van der Waals surface area contributed by atoms with Gasteiger partial charge in [-0.1, -0.05) is 91.0 Å². The molecule has 0 saturated heterocycles. The molecule has 0 saturated carbocycles. The second-order valence-corrected chi connectivity index (χ2v) is 12.2. The molecular weight excluding hydrogens is 529 g/mol. The molecule has 198 valence electrons. The number of anilines is 1. The maximum Gasteiger partial charge on any atom is 0.0494 e. The van der Waals surface area contributed by atoms with Crippen molar-refractivity contribution in [2.45, 2.75) is 6.54 Å².